The summed E-state index contributed by atoms with van der Waals surface area (Å²) in [4.78, 5) is 14.0. The first-order valence-corrected chi connectivity index (χ1v) is 5.38. The van der Waals surface area contributed by atoms with Crippen LogP contribution in [0.1, 0.15) is 20.3 Å². The van der Waals surface area contributed by atoms with Crippen LogP contribution in [0.4, 0.5) is 0 Å². The maximum atomic E-state index is 11.7. The molecule has 1 aliphatic heterocycles. The van der Waals surface area contributed by atoms with Gasteiger partial charge in [-0.3, -0.25) is 9.69 Å². The second-order valence-corrected chi connectivity index (χ2v) is 3.83. The average Bonchev–Trinajstić information content (AvgIpc) is 2.28. The van der Waals surface area contributed by atoms with E-state index in [0.29, 0.717) is 6.04 Å². The summed E-state index contributed by atoms with van der Waals surface area (Å²) in [5.74, 6) is 0.158. The van der Waals surface area contributed by atoms with Crippen molar-refractivity contribution in [2.75, 3.05) is 26.7 Å². The molecule has 82 valence electrons. The summed E-state index contributed by atoms with van der Waals surface area (Å²) in [6, 6.07) is 0.472. The molecule has 1 aliphatic rings. The largest absolute Gasteiger partial charge is 0.355 e. The normalized spacial score (nSPS) is 29.8. The molecule has 14 heavy (non-hydrogen) atoms. The van der Waals surface area contributed by atoms with Crippen LogP contribution >= 0.6 is 0 Å². The Morgan fingerprint density at radius 3 is 2.93 bits per heavy atom. The number of nitrogens with one attached hydrogen (secondary N) is 2. The Balaban J connectivity index is 2.73. The minimum atomic E-state index is -0.0116. The molecule has 4 nitrogen and oxygen atoms in total. The van der Waals surface area contributed by atoms with Crippen LogP contribution in [0.5, 0.6) is 0 Å². The van der Waals surface area contributed by atoms with Crippen LogP contribution in [-0.2, 0) is 4.79 Å². The van der Waals surface area contributed by atoms with Crippen molar-refractivity contribution in [1.82, 2.24) is 15.5 Å². The summed E-state index contributed by atoms with van der Waals surface area (Å²) in [5, 5.41) is 6.03. The Morgan fingerprint density at radius 2 is 2.36 bits per heavy atom. The quantitative estimate of drug-likeness (QED) is 0.662. The summed E-state index contributed by atoms with van der Waals surface area (Å²) in [6.07, 6.45) is 1.04. The van der Waals surface area contributed by atoms with Crippen LogP contribution in [0.2, 0.25) is 0 Å². The van der Waals surface area contributed by atoms with E-state index in [2.05, 4.69) is 29.4 Å². The molecule has 0 spiro atoms. The van der Waals surface area contributed by atoms with Crippen LogP contribution in [0, 0.1) is 0 Å². The SMILES string of the molecule is CCN1C(C)CCNC(=O)C1CNC. The fourth-order valence-corrected chi connectivity index (χ4v) is 2.08. The first kappa shape index (κ1) is 11.5. The van der Waals surface area contributed by atoms with E-state index in [4.69, 9.17) is 0 Å². The van der Waals surface area contributed by atoms with Gasteiger partial charge in [0.15, 0.2) is 0 Å². The Hall–Kier alpha value is -0.610. The van der Waals surface area contributed by atoms with E-state index >= 15 is 0 Å². The van der Waals surface area contributed by atoms with E-state index in [1.807, 2.05) is 7.05 Å². The van der Waals surface area contributed by atoms with Gasteiger partial charge in [0.2, 0.25) is 5.91 Å². The number of carbonyl (C=O) groups is 1. The van der Waals surface area contributed by atoms with Crippen LogP contribution in [-0.4, -0.2) is 49.6 Å². The van der Waals surface area contributed by atoms with Gasteiger partial charge in [0.05, 0.1) is 0 Å². The third-order valence-electron chi connectivity index (χ3n) is 2.89. The number of hydrogen-bond donors (Lipinski definition) is 2. The van der Waals surface area contributed by atoms with Gasteiger partial charge in [0.25, 0.3) is 0 Å². The molecule has 0 aliphatic carbocycles. The zero-order chi connectivity index (χ0) is 10.6. The van der Waals surface area contributed by atoms with Gasteiger partial charge in [-0.15, -0.1) is 0 Å². The Morgan fingerprint density at radius 1 is 1.64 bits per heavy atom. The Bertz CT molecular complexity index is 196. The summed E-state index contributed by atoms with van der Waals surface area (Å²) in [7, 11) is 1.89. The molecule has 2 atom stereocenters. The zero-order valence-electron chi connectivity index (χ0n) is 9.34. The maximum Gasteiger partial charge on any atom is 0.238 e. The highest BCUT2D eigenvalue weighted by molar-refractivity contribution is 5.82. The predicted molar refractivity (Wildman–Crippen MR) is 57.2 cm³/mol. The molecule has 0 radical (unpaired) electrons. The van der Waals surface area contributed by atoms with Gasteiger partial charge in [-0.2, -0.15) is 0 Å². The molecule has 1 saturated heterocycles. The van der Waals surface area contributed by atoms with Gasteiger partial charge < -0.3 is 10.6 Å². The van der Waals surface area contributed by atoms with Gasteiger partial charge in [0, 0.05) is 19.1 Å². The molecular weight excluding hydrogens is 178 g/mol. The van der Waals surface area contributed by atoms with Gasteiger partial charge in [-0.25, -0.2) is 0 Å². The minimum Gasteiger partial charge on any atom is -0.355 e. The van der Waals surface area contributed by atoms with Crippen molar-refractivity contribution in [2.24, 2.45) is 0 Å². The molecule has 0 aromatic heterocycles. The first-order valence-electron chi connectivity index (χ1n) is 5.38. The lowest BCUT2D eigenvalue weighted by Gasteiger charge is -2.31. The second-order valence-electron chi connectivity index (χ2n) is 3.83. The Kier molecular flexibility index (Phi) is 4.35. The van der Waals surface area contributed by atoms with Crippen LogP contribution in [0.25, 0.3) is 0 Å². The van der Waals surface area contributed by atoms with Crippen molar-refractivity contribution in [1.29, 1.82) is 0 Å². The lowest BCUT2D eigenvalue weighted by molar-refractivity contribution is -0.125. The van der Waals surface area contributed by atoms with Crippen molar-refractivity contribution in [3.8, 4) is 0 Å². The van der Waals surface area contributed by atoms with Crippen molar-refractivity contribution in [2.45, 2.75) is 32.4 Å². The van der Waals surface area contributed by atoms with Gasteiger partial charge in [0.1, 0.15) is 6.04 Å². The van der Waals surface area contributed by atoms with Gasteiger partial charge in [-0.05, 0) is 26.9 Å². The number of hydrogen-bond acceptors (Lipinski definition) is 3. The summed E-state index contributed by atoms with van der Waals surface area (Å²) in [6.45, 7) is 6.76. The second kappa shape index (κ2) is 5.32. The highest BCUT2D eigenvalue weighted by atomic mass is 16.2. The number of amides is 1. The van der Waals surface area contributed by atoms with Crippen molar-refractivity contribution < 1.29 is 4.79 Å². The number of likely N-dealkylation sites (N-methyl/N-ethyl adjacent to an activating group) is 2. The molecule has 1 fully saturated rings. The van der Waals surface area contributed by atoms with E-state index in [1.165, 1.54) is 0 Å². The molecule has 2 unspecified atom stereocenters. The summed E-state index contributed by atoms with van der Waals surface area (Å²) < 4.78 is 0. The van der Waals surface area contributed by atoms with E-state index in [-0.39, 0.29) is 11.9 Å². The first-order chi connectivity index (χ1) is 6.70. The number of nitrogens with zero attached hydrogens (tertiary/aromatic N) is 1. The van der Waals surface area contributed by atoms with Crippen LogP contribution < -0.4 is 10.6 Å². The fourth-order valence-electron chi connectivity index (χ4n) is 2.08. The average molecular weight is 199 g/mol. The van der Waals surface area contributed by atoms with Crippen molar-refractivity contribution >= 4 is 5.91 Å². The van der Waals surface area contributed by atoms with Crippen molar-refractivity contribution in [3.05, 3.63) is 0 Å². The van der Waals surface area contributed by atoms with E-state index in [0.717, 1.165) is 26.1 Å². The van der Waals surface area contributed by atoms with Crippen molar-refractivity contribution in [3.63, 3.8) is 0 Å². The lowest BCUT2D eigenvalue weighted by Crippen LogP contribution is -2.51. The van der Waals surface area contributed by atoms with Gasteiger partial charge >= 0.3 is 0 Å². The lowest BCUT2D eigenvalue weighted by atomic mass is 10.1. The molecular formula is C10H21N3O. The molecule has 0 aromatic rings. The molecule has 0 saturated carbocycles. The molecule has 1 heterocycles. The third-order valence-corrected chi connectivity index (χ3v) is 2.89. The highest BCUT2D eigenvalue weighted by Gasteiger charge is 2.29. The molecule has 2 N–H and O–H groups in total. The standard InChI is InChI=1S/C10H21N3O/c1-4-13-8(2)5-6-12-10(14)9(13)7-11-3/h8-9,11H,4-7H2,1-3H3,(H,12,14). The third kappa shape index (κ3) is 2.45. The van der Waals surface area contributed by atoms with E-state index < -0.39 is 0 Å². The summed E-state index contributed by atoms with van der Waals surface area (Å²) in [5.41, 5.74) is 0. The number of carbonyl (C=O) groups excluding carboxylic acids is 1. The zero-order valence-corrected chi connectivity index (χ0v) is 9.34. The fraction of sp³-hybridized carbons (Fsp3) is 0.900. The predicted octanol–water partition coefficient (Wildman–Crippen LogP) is -0.195. The monoisotopic (exact) mass is 199 g/mol. The molecule has 0 bridgehead atoms. The molecule has 1 amide bonds. The molecule has 1 rings (SSSR count). The smallest absolute Gasteiger partial charge is 0.238 e. The van der Waals surface area contributed by atoms with E-state index in [1.54, 1.807) is 0 Å². The topological polar surface area (TPSA) is 44.4 Å². The molecule has 4 heteroatoms. The van der Waals surface area contributed by atoms with Gasteiger partial charge in [-0.1, -0.05) is 6.92 Å². The molecule has 0 aromatic carbocycles. The van der Waals surface area contributed by atoms with Crippen LogP contribution in [0.3, 0.4) is 0 Å². The van der Waals surface area contributed by atoms with E-state index in [9.17, 15) is 4.79 Å². The summed E-state index contributed by atoms with van der Waals surface area (Å²) >= 11 is 0. The Labute approximate surface area is 86.0 Å². The highest BCUT2D eigenvalue weighted by Crippen LogP contribution is 2.11. The maximum absolute atomic E-state index is 11.7. The van der Waals surface area contributed by atoms with Crippen LogP contribution in [0.15, 0.2) is 0 Å². The number of rotatable bonds is 3. The minimum absolute atomic E-state index is 0.0116.